The predicted octanol–water partition coefficient (Wildman–Crippen LogP) is 2.84. The Hall–Kier alpha value is -2.63. The molecule has 27 heavy (non-hydrogen) atoms. The molecule has 2 aromatic rings. The topological polar surface area (TPSA) is 78.1 Å². The zero-order valence-electron chi connectivity index (χ0n) is 16.1. The number of carbonyl (C=O) groups is 2. The van der Waals surface area contributed by atoms with Crippen LogP contribution < -0.4 is 5.32 Å². The van der Waals surface area contributed by atoms with Crippen molar-refractivity contribution < 1.29 is 9.59 Å². The van der Waals surface area contributed by atoms with E-state index in [1.807, 2.05) is 37.3 Å². The molecule has 2 amide bonds. The Morgan fingerprint density at radius 3 is 2.59 bits per heavy atom. The Kier molecular flexibility index (Phi) is 6.27. The van der Waals surface area contributed by atoms with Crippen molar-refractivity contribution in [1.29, 1.82) is 0 Å². The molecule has 1 aromatic heterocycles. The first kappa shape index (κ1) is 19.1. The highest BCUT2D eigenvalue weighted by atomic mass is 16.2. The van der Waals surface area contributed by atoms with E-state index >= 15 is 0 Å². The van der Waals surface area contributed by atoms with Gasteiger partial charge in [-0.3, -0.25) is 14.7 Å². The summed E-state index contributed by atoms with van der Waals surface area (Å²) in [6.45, 7) is 5.88. The van der Waals surface area contributed by atoms with Crippen molar-refractivity contribution in [2.45, 2.75) is 46.1 Å². The molecule has 3 rings (SSSR count). The van der Waals surface area contributed by atoms with Gasteiger partial charge in [-0.2, -0.15) is 5.10 Å². The third kappa shape index (κ3) is 4.96. The Morgan fingerprint density at radius 1 is 1.22 bits per heavy atom. The van der Waals surface area contributed by atoms with E-state index in [0.29, 0.717) is 38.2 Å². The maximum atomic E-state index is 12.6. The highest BCUT2D eigenvalue weighted by Crippen LogP contribution is 2.19. The van der Waals surface area contributed by atoms with E-state index in [4.69, 9.17) is 0 Å². The monoisotopic (exact) mass is 368 g/mol. The second kappa shape index (κ2) is 8.84. The smallest absolute Gasteiger partial charge is 0.274 e. The van der Waals surface area contributed by atoms with Gasteiger partial charge in [0, 0.05) is 31.2 Å². The van der Waals surface area contributed by atoms with Crippen LogP contribution in [0.4, 0.5) is 0 Å². The van der Waals surface area contributed by atoms with Gasteiger partial charge < -0.3 is 10.2 Å². The fourth-order valence-corrected chi connectivity index (χ4v) is 3.41. The van der Waals surface area contributed by atoms with Gasteiger partial charge in [0.2, 0.25) is 5.91 Å². The Morgan fingerprint density at radius 2 is 1.93 bits per heavy atom. The molecule has 0 spiro atoms. The van der Waals surface area contributed by atoms with E-state index in [0.717, 1.165) is 24.1 Å². The fourth-order valence-electron chi connectivity index (χ4n) is 3.41. The summed E-state index contributed by atoms with van der Waals surface area (Å²) < 4.78 is 0. The number of H-pyrrole nitrogens is 1. The summed E-state index contributed by atoms with van der Waals surface area (Å²) in [6.07, 6.45) is 3.29. The fraction of sp³-hybridized carbons (Fsp3) is 0.476. The molecule has 0 saturated carbocycles. The van der Waals surface area contributed by atoms with E-state index in [9.17, 15) is 9.59 Å². The van der Waals surface area contributed by atoms with Crippen LogP contribution in [0.3, 0.4) is 0 Å². The number of carbonyl (C=O) groups excluding carboxylic acids is 2. The summed E-state index contributed by atoms with van der Waals surface area (Å²) in [5.74, 6) is -0.00544. The standard InChI is InChI=1S/C21H28N4O2/c1-3-4-18-13-19(24-23-18)21(27)25-11-9-17(10-12-25)20(26)22-14-16-7-5-15(2)6-8-16/h5-8,13,17H,3-4,9-12,14H2,1-2H3,(H,22,26)(H,23,24). The number of aromatic amines is 1. The van der Waals surface area contributed by atoms with E-state index in [1.165, 1.54) is 5.56 Å². The lowest BCUT2D eigenvalue weighted by atomic mass is 9.95. The first-order chi connectivity index (χ1) is 13.1. The summed E-state index contributed by atoms with van der Waals surface area (Å²) in [4.78, 5) is 26.8. The maximum absolute atomic E-state index is 12.6. The van der Waals surface area contributed by atoms with Gasteiger partial charge in [0.05, 0.1) is 0 Å². The minimum absolute atomic E-state index is 0.0330. The van der Waals surface area contributed by atoms with Crippen LogP contribution in [0.15, 0.2) is 30.3 Å². The van der Waals surface area contributed by atoms with Gasteiger partial charge in [0.25, 0.3) is 5.91 Å². The Bertz CT molecular complexity index is 774. The molecular weight excluding hydrogens is 340 g/mol. The molecule has 144 valence electrons. The number of hydrogen-bond donors (Lipinski definition) is 2. The molecule has 1 fully saturated rings. The number of rotatable bonds is 6. The average Bonchev–Trinajstić information content (AvgIpc) is 3.16. The lowest BCUT2D eigenvalue weighted by Crippen LogP contribution is -2.43. The summed E-state index contributed by atoms with van der Waals surface area (Å²) >= 11 is 0. The van der Waals surface area contributed by atoms with Crippen LogP contribution in [0.25, 0.3) is 0 Å². The highest BCUT2D eigenvalue weighted by Gasteiger charge is 2.28. The van der Waals surface area contributed by atoms with Crippen molar-refractivity contribution in [3.05, 3.63) is 52.8 Å². The molecule has 2 heterocycles. The summed E-state index contributed by atoms with van der Waals surface area (Å²) in [6, 6.07) is 10.0. The summed E-state index contributed by atoms with van der Waals surface area (Å²) in [5.41, 5.74) is 3.77. The van der Waals surface area contributed by atoms with E-state index in [1.54, 1.807) is 4.90 Å². The number of aryl methyl sites for hydroxylation is 2. The van der Waals surface area contributed by atoms with Gasteiger partial charge in [0.1, 0.15) is 5.69 Å². The summed E-state index contributed by atoms with van der Waals surface area (Å²) in [7, 11) is 0. The molecule has 6 heteroatoms. The van der Waals surface area contributed by atoms with Crippen LogP contribution in [-0.2, 0) is 17.8 Å². The van der Waals surface area contributed by atoms with Crippen LogP contribution in [0, 0.1) is 12.8 Å². The van der Waals surface area contributed by atoms with Gasteiger partial charge in [-0.15, -0.1) is 0 Å². The van der Waals surface area contributed by atoms with Crippen molar-refractivity contribution in [3.8, 4) is 0 Å². The van der Waals surface area contributed by atoms with Gasteiger partial charge in [0.15, 0.2) is 0 Å². The number of hydrogen-bond acceptors (Lipinski definition) is 3. The largest absolute Gasteiger partial charge is 0.352 e. The van der Waals surface area contributed by atoms with Crippen molar-refractivity contribution in [3.63, 3.8) is 0 Å². The number of nitrogens with one attached hydrogen (secondary N) is 2. The highest BCUT2D eigenvalue weighted by molar-refractivity contribution is 5.92. The molecule has 0 aliphatic carbocycles. The number of benzene rings is 1. The minimum atomic E-state index is -0.0490. The van der Waals surface area contributed by atoms with E-state index in [2.05, 4.69) is 22.4 Å². The van der Waals surface area contributed by atoms with Crippen LogP contribution >= 0.6 is 0 Å². The van der Waals surface area contributed by atoms with Gasteiger partial charge in [-0.1, -0.05) is 43.2 Å². The molecule has 0 unspecified atom stereocenters. The SMILES string of the molecule is CCCc1cc(C(=O)N2CCC(C(=O)NCc3ccc(C)cc3)CC2)n[nH]1. The number of likely N-dealkylation sites (tertiary alicyclic amines) is 1. The van der Waals surface area contributed by atoms with E-state index < -0.39 is 0 Å². The number of nitrogens with zero attached hydrogens (tertiary/aromatic N) is 2. The first-order valence-electron chi connectivity index (χ1n) is 9.73. The Labute approximate surface area is 160 Å². The predicted molar refractivity (Wildman–Crippen MR) is 104 cm³/mol. The second-order valence-electron chi connectivity index (χ2n) is 7.30. The lowest BCUT2D eigenvalue weighted by Gasteiger charge is -2.30. The van der Waals surface area contributed by atoms with Crippen molar-refractivity contribution in [2.75, 3.05) is 13.1 Å². The molecule has 6 nitrogen and oxygen atoms in total. The van der Waals surface area contributed by atoms with Crippen molar-refractivity contribution >= 4 is 11.8 Å². The molecule has 1 saturated heterocycles. The normalized spacial score (nSPS) is 15.0. The zero-order valence-corrected chi connectivity index (χ0v) is 16.1. The van der Waals surface area contributed by atoms with Crippen LogP contribution in [-0.4, -0.2) is 40.0 Å². The van der Waals surface area contributed by atoms with Gasteiger partial charge in [-0.25, -0.2) is 0 Å². The van der Waals surface area contributed by atoms with E-state index in [-0.39, 0.29) is 17.7 Å². The molecule has 0 radical (unpaired) electrons. The van der Waals surface area contributed by atoms with Crippen LogP contribution in [0.5, 0.6) is 0 Å². The van der Waals surface area contributed by atoms with Gasteiger partial charge >= 0.3 is 0 Å². The quantitative estimate of drug-likeness (QED) is 0.823. The number of piperidine rings is 1. The molecule has 0 bridgehead atoms. The minimum Gasteiger partial charge on any atom is -0.352 e. The summed E-state index contributed by atoms with van der Waals surface area (Å²) in [5, 5.41) is 10.1. The first-order valence-corrected chi connectivity index (χ1v) is 9.73. The molecule has 1 aliphatic rings. The molecule has 1 aromatic carbocycles. The van der Waals surface area contributed by atoms with Crippen LogP contribution in [0.2, 0.25) is 0 Å². The maximum Gasteiger partial charge on any atom is 0.274 e. The van der Waals surface area contributed by atoms with Crippen LogP contribution in [0.1, 0.15) is 53.5 Å². The average molecular weight is 368 g/mol. The zero-order chi connectivity index (χ0) is 19.2. The van der Waals surface area contributed by atoms with Gasteiger partial charge in [-0.05, 0) is 37.8 Å². The molecule has 1 aliphatic heterocycles. The third-order valence-electron chi connectivity index (χ3n) is 5.11. The molecular formula is C21H28N4O2. The Balaban J connectivity index is 1.46. The lowest BCUT2D eigenvalue weighted by molar-refractivity contribution is -0.126. The van der Waals surface area contributed by atoms with Crippen molar-refractivity contribution in [2.24, 2.45) is 5.92 Å². The number of aromatic nitrogens is 2. The number of amides is 2. The van der Waals surface area contributed by atoms with Crippen molar-refractivity contribution in [1.82, 2.24) is 20.4 Å². The molecule has 2 N–H and O–H groups in total. The second-order valence-corrected chi connectivity index (χ2v) is 7.30. The molecule has 0 atom stereocenters. The third-order valence-corrected chi connectivity index (χ3v) is 5.11.